The van der Waals surface area contributed by atoms with E-state index in [4.69, 9.17) is 4.74 Å². The molecule has 35 heavy (non-hydrogen) atoms. The summed E-state index contributed by atoms with van der Waals surface area (Å²) in [5.74, 6) is -0.509. The third-order valence-corrected chi connectivity index (χ3v) is 5.75. The van der Waals surface area contributed by atoms with Crippen LogP contribution >= 0.6 is 11.8 Å². The van der Waals surface area contributed by atoms with Crippen LogP contribution in [0.25, 0.3) is 17.1 Å². The number of hydrogen-bond donors (Lipinski definition) is 2. The number of thioether (sulfide) groups is 1. The summed E-state index contributed by atoms with van der Waals surface area (Å²) < 4.78 is 21.0. The molecule has 4 aromatic rings. The van der Waals surface area contributed by atoms with Gasteiger partial charge in [-0.1, -0.05) is 42.1 Å². The lowest BCUT2D eigenvalue weighted by molar-refractivity contribution is -0.119. The molecule has 0 aliphatic rings. The summed E-state index contributed by atoms with van der Waals surface area (Å²) in [6.45, 7) is -0.0397. The molecule has 0 aliphatic heterocycles. The van der Waals surface area contributed by atoms with Gasteiger partial charge in [-0.15, -0.1) is 10.2 Å². The maximum Gasteiger partial charge on any atom is 0.250 e. The molecule has 0 unspecified atom stereocenters. The molecule has 1 aromatic heterocycles. The minimum Gasteiger partial charge on any atom is -0.375 e. The van der Waals surface area contributed by atoms with Crippen LogP contribution in [0, 0.1) is 5.82 Å². The quantitative estimate of drug-likeness (QED) is 0.337. The van der Waals surface area contributed by atoms with Crippen molar-refractivity contribution in [3.63, 3.8) is 0 Å². The van der Waals surface area contributed by atoms with Gasteiger partial charge in [0.05, 0.1) is 11.3 Å². The van der Waals surface area contributed by atoms with Crippen LogP contribution < -0.4 is 10.6 Å². The van der Waals surface area contributed by atoms with E-state index in [-0.39, 0.29) is 24.2 Å². The van der Waals surface area contributed by atoms with Crippen LogP contribution in [0.2, 0.25) is 0 Å². The smallest absolute Gasteiger partial charge is 0.250 e. The first-order valence-electron chi connectivity index (χ1n) is 10.6. The standard InChI is InChI=1S/C25H22FN5O3S/c1-34-15-22(32)27-17-11-13-18(14-12-17)28-23(33)16-35-25-30-29-24(20-9-5-6-10-21(20)26)31(25)19-7-3-2-4-8-19/h2-14H,15-16H2,1H3,(H,27,32)(H,28,33). The lowest BCUT2D eigenvalue weighted by Crippen LogP contribution is -2.17. The molecule has 2 amide bonds. The summed E-state index contributed by atoms with van der Waals surface area (Å²) in [6.07, 6.45) is 0. The Bertz CT molecular complexity index is 1310. The van der Waals surface area contributed by atoms with Crippen molar-refractivity contribution in [3.05, 3.63) is 84.7 Å². The fraction of sp³-hybridized carbons (Fsp3) is 0.120. The molecule has 8 nitrogen and oxygen atoms in total. The number of hydrogen-bond acceptors (Lipinski definition) is 6. The molecule has 10 heteroatoms. The summed E-state index contributed by atoms with van der Waals surface area (Å²) >= 11 is 1.19. The zero-order valence-electron chi connectivity index (χ0n) is 18.8. The van der Waals surface area contributed by atoms with Gasteiger partial charge < -0.3 is 15.4 Å². The highest BCUT2D eigenvalue weighted by atomic mass is 32.2. The van der Waals surface area contributed by atoms with E-state index in [2.05, 4.69) is 20.8 Å². The normalized spacial score (nSPS) is 10.7. The van der Waals surface area contributed by atoms with Gasteiger partial charge in [-0.25, -0.2) is 4.39 Å². The van der Waals surface area contributed by atoms with Crippen LogP contribution in [0.5, 0.6) is 0 Å². The van der Waals surface area contributed by atoms with Gasteiger partial charge in [-0.2, -0.15) is 0 Å². The van der Waals surface area contributed by atoms with Gasteiger partial charge in [0.2, 0.25) is 11.8 Å². The fourth-order valence-corrected chi connectivity index (χ4v) is 4.03. The predicted octanol–water partition coefficient (Wildman–Crippen LogP) is 4.39. The summed E-state index contributed by atoms with van der Waals surface area (Å²) in [5, 5.41) is 14.4. The van der Waals surface area contributed by atoms with Gasteiger partial charge in [-0.3, -0.25) is 14.2 Å². The van der Waals surface area contributed by atoms with Crippen LogP contribution in [0.1, 0.15) is 0 Å². The Kier molecular flexibility index (Phi) is 7.86. The number of benzene rings is 3. The number of rotatable bonds is 9. The van der Waals surface area contributed by atoms with Gasteiger partial charge in [0.1, 0.15) is 12.4 Å². The van der Waals surface area contributed by atoms with Crippen LogP contribution in [0.4, 0.5) is 15.8 Å². The van der Waals surface area contributed by atoms with Crippen LogP contribution in [-0.4, -0.2) is 46.0 Å². The van der Waals surface area contributed by atoms with E-state index in [1.807, 2.05) is 30.3 Å². The van der Waals surface area contributed by atoms with Crippen molar-refractivity contribution in [2.24, 2.45) is 0 Å². The third kappa shape index (κ3) is 6.11. The molecule has 0 saturated heterocycles. The summed E-state index contributed by atoms with van der Waals surface area (Å²) in [5.41, 5.74) is 2.25. The third-order valence-electron chi connectivity index (χ3n) is 4.82. The Labute approximate surface area is 205 Å². The van der Waals surface area contributed by atoms with Crippen molar-refractivity contribution in [2.75, 3.05) is 30.1 Å². The molecule has 3 aromatic carbocycles. The van der Waals surface area contributed by atoms with Crippen molar-refractivity contribution in [1.29, 1.82) is 0 Å². The Morgan fingerprint density at radius 1 is 0.886 bits per heavy atom. The molecule has 178 valence electrons. The number of nitrogens with zero attached hydrogens (tertiary/aromatic N) is 3. The largest absolute Gasteiger partial charge is 0.375 e. The van der Waals surface area contributed by atoms with E-state index in [0.717, 1.165) is 5.69 Å². The minimum atomic E-state index is -0.409. The number of amides is 2. The number of halogens is 1. The molecule has 0 aliphatic carbocycles. The van der Waals surface area contributed by atoms with Gasteiger partial charge in [0.15, 0.2) is 11.0 Å². The van der Waals surface area contributed by atoms with Crippen molar-refractivity contribution in [2.45, 2.75) is 5.16 Å². The van der Waals surface area contributed by atoms with Gasteiger partial charge in [-0.05, 0) is 48.5 Å². The first-order chi connectivity index (χ1) is 17.0. The Balaban J connectivity index is 1.46. The number of methoxy groups -OCH3 is 1. The zero-order valence-corrected chi connectivity index (χ0v) is 19.6. The summed E-state index contributed by atoms with van der Waals surface area (Å²) in [4.78, 5) is 24.2. The fourth-order valence-electron chi connectivity index (χ4n) is 3.28. The summed E-state index contributed by atoms with van der Waals surface area (Å²) in [6, 6.07) is 22.4. The maximum absolute atomic E-state index is 14.5. The Morgan fingerprint density at radius 3 is 2.17 bits per heavy atom. The average Bonchev–Trinajstić information content (AvgIpc) is 3.29. The summed E-state index contributed by atoms with van der Waals surface area (Å²) in [7, 11) is 1.44. The number of ether oxygens (including phenoxy) is 1. The topological polar surface area (TPSA) is 98.1 Å². The first kappa shape index (κ1) is 24.1. The lowest BCUT2D eigenvalue weighted by Gasteiger charge is -2.11. The maximum atomic E-state index is 14.5. The molecular formula is C25H22FN5O3S. The van der Waals surface area contributed by atoms with Gasteiger partial charge >= 0.3 is 0 Å². The second-order valence-electron chi connectivity index (χ2n) is 7.35. The number of carbonyl (C=O) groups excluding carboxylic acids is 2. The van der Waals surface area contributed by atoms with Crippen molar-refractivity contribution >= 4 is 35.0 Å². The van der Waals surface area contributed by atoms with E-state index in [9.17, 15) is 14.0 Å². The monoisotopic (exact) mass is 491 g/mol. The van der Waals surface area contributed by atoms with Crippen LogP contribution in [0.15, 0.2) is 84.0 Å². The van der Waals surface area contributed by atoms with Gasteiger partial charge in [0, 0.05) is 24.2 Å². The molecule has 4 rings (SSSR count). The molecule has 0 spiro atoms. The van der Waals surface area contributed by atoms with Crippen molar-refractivity contribution in [1.82, 2.24) is 14.8 Å². The number of carbonyl (C=O) groups is 2. The minimum absolute atomic E-state index is 0.0397. The SMILES string of the molecule is COCC(=O)Nc1ccc(NC(=O)CSc2nnc(-c3ccccc3F)n2-c2ccccc2)cc1. The number of nitrogens with one attached hydrogen (secondary N) is 2. The zero-order chi connectivity index (χ0) is 24.6. The second kappa shape index (κ2) is 11.4. The van der Waals surface area contributed by atoms with E-state index in [0.29, 0.717) is 27.9 Å². The number of anilines is 2. The number of para-hydroxylation sites is 1. The van der Waals surface area contributed by atoms with Gasteiger partial charge in [0.25, 0.3) is 0 Å². The highest BCUT2D eigenvalue weighted by Crippen LogP contribution is 2.29. The molecule has 1 heterocycles. The lowest BCUT2D eigenvalue weighted by atomic mass is 10.2. The van der Waals surface area contributed by atoms with Crippen molar-refractivity contribution in [3.8, 4) is 17.1 Å². The molecule has 2 N–H and O–H groups in total. The molecule has 0 saturated carbocycles. The van der Waals surface area contributed by atoms with E-state index in [1.54, 1.807) is 47.0 Å². The molecule has 0 fully saturated rings. The van der Waals surface area contributed by atoms with E-state index < -0.39 is 5.82 Å². The molecule has 0 radical (unpaired) electrons. The Hall–Kier alpha value is -4.02. The Morgan fingerprint density at radius 2 is 1.51 bits per heavy atom. The molecule has 0 bridgehead atoms. The highest BCUT2D eigenvalue weighted by Gasteiger charge is 2.19. The predicted molar refractivity (Wildman–Crippen MR) is 133 cm³/mol. The van der Waals surface area contributed by atoms with E-state index in [1.165, 1.54) is 24.9 Å². The molecular weight excluding hydrogens is 469 g/mol. The second-order valence-corrected chi connectivity index (χ2v) is 8.29. The van der Waals surface area contributed by atoms with Crippen LogP contribution in [-0.2, 0) is 14.3 Å². The van der Waals surface area contributed by atoms with Crippen LogP contribution in [0.3, 0.4) is 0 Å². The van der Waals surface area contributed by atoms with Crippen molar-refractivity contribution < 1.29 is 18.7 Å². The number of aromatic nitrogens is 3. The average molecular weight is 492 g/mol. The molecule has 0 atom stereocenters. The highest BCUT2D eigenvalue weighted by molar-refractivity contribution is 7.99. The van der Waals surface area contributed by atoms with E-state index >= 15 is 0 Å². The first-order valence-corrected chi connectivity index (χ1v) is 11.6.